The normalized spacial score (nSPS) is 26.1. The predicted octanol–water partition coefficient (Wildman–Crippen LogP) is 2.89. The maximum absolute atomic E-state index is 6.17. The van der Waals surface area contributed by atoms with Crippen molar-refractivity contribution in [2.75, 3.05) is 6.54 Å². The molecule has 1 saturated carbocycles. The predicted molar refractivity (Wildman–Crippen MR) is 75.6 cm³/mol. The molecule has 1 fully saturated rings. The first-order chi connectivity index (χ1) is 8.09. The van der Waals surface area contributed by atoms with E-state index in [1.165, 1.54) is 30.6 Å². The van der Waals surface area contributed by atoms with Gasteiger partial charge < -0.3 is 11.1 Å². The minimum atomic E-state index is 0.214. The van der Waals surface area contributed by atoms with Gasteiger partial charge in [-0.2, -0.15) is 0 Å². The van der Waals surface area contributed by atoms with Crippen molar-refractivity contribution in [3.63, 3.8) is 0 Å². The highest BCUT2D eigenvalue weighted by atomic mass is 32.1. The smallest absolute Gasteiger partial charge is 0.0219 e. The summed E-state index contributed by atoms with van der Waals surface area (Å²) in [5, 5.41) is 5.84. The fourth-order valence-corrected chi connectivity index (χ4v) is 3.40. The topological polar surface area (TPSA) is 38.0 Å². The molecule has 1 aromatic rings. The van der Waals surface area contributed by atoms with Crippen LogP contribution >= 0.6 is 11.3 Å². The number of hydrogen-bond donors (Lipinski definition) is 2. The molecule has 2 rings (SSSR count). The molecule has 3 N–H and O–H groups in total. The highest BCUT2D eigenvalue weighted by Crippen LogP contribution is 2.27. The summed E-state index contributed by atoms with van der Waals surface area (Å²) < 4.78 is 0. The number of nitrogens with one attached hydrogen (secondary N) is 1. The lowest BCUT2D eigenvalue weighted by molar-refractivity contribution is 0.307. The van der Waals surface area contributed by atoms with Crippen LogP contribution in [-0.4, -0.2) is 18.6 Å². The second-order valence-electron chi connectivity index (χ2n) is 5.80. The van der Waals surface area contributed by atoms with E-state index >= 15 is 0 Å². The Labute approximate surface area is 109 Å². The standard InChI is InChI=1S/C14H24N2S/c1-14(2,13-8-5-9-17-13)10-16-12-7-4-3-6-11(12)15/h5,8-9,11-12,16H,3-4,6-7,10,15H2,1-2H3. The van der Waals surface area contributed by atoms with Gasteiger partial charge in [-0.25, -0.2) is 0 Å². The summed E-state index contributed by atoms with van der Waals surface area (Å²) >= 11 is 1.85. The van der Waals surface area contributed by atoms with Crippen LogP contribution < -0.4 is 11.1 Å². The average Bonchev–Trinajstić information content (AvgIpc) is 2.82. The van der Waals surface area contributed by atoms with E-state index in [-0.39, 0.29) is 5.41 Å². The molecule has 2 unspecified atom stereocenters. The van der Waals surface area contributed by atoms with Crippen molar-refractivity contribution in [1.82, 2.24) is 5.32 Å². The van der Waals surface area contributed by atoms with Gasteiger partial charge in [0.05, 0.1) is 0 Å². The van der Waals surface area contributed by atoms with Gasteiger partial charge in [0, 0.05) is 28.9 Å². The summed E-state index contributed by atoms with van der Waals surface area (Å²) in [5.74, 6) is 0. The van der Waals surface area contributed by atoms with Crippen molar-refractivity contribution < 1.29 is 0 Å². The zero-order chi connectivity index (χ0) is 12.3. The zero-order valence-corrected chi connectivity index (χ0v) is 11.7. The summed E-state index contributed by atoms with van der Waals surface area (Å²) in [4.78, 5) is 1.45. The van der Waals surface area contributed by atoms with Crippen LogP contribution in [0.5, 0.6) is 0 Å². The molecule has 1 aliphatic rings. The molecule has 0 radical (unpaired) electrons. The third kappa shape index (κ3) is 3.30. The van der Waals surface area contributed by atoms with Crippen LogP contribution in [0, 0.1) is 0 Å². The van der Waals surface area contributed by atoms with Crippen molar-refractivity contribution in [2.45, 2.75) is 57.0 Å². The Morgan fingerprint density at radius 2 is 2.18 bits per heavy atom. The summed E-state index contributed by atoms with van der Waals surface area (Å²) in [6.45, 7) is 5.63. The Kier molecular flexibility index (Phi) is 4.23. The monoisotopic (exact) mass is 252 g/mol. The molecule has 2 atom stereocenters. The van der Waals surface area contributed by atoms with Crippen molar-refractivity contribution in [3.8, 4) is 0 Å². The molecule has 0 aromatic carbocycles. The maximum atomic E-state index is 6.17. The summed E-state index contributed by atoms with van der Waals surface area (Å²) in [6.07, 6.45) is 5.04. The molecule has 0 aliphatic heterocycles. The molecule has 17 heavy (non-hydrogen) atoms. The minimum Gasteiger partial charge on any atom is -0.326 e. The van der Waals surface area contributed by atoms with E-state index in [0.717, 1.165) is 6.54 Å². The van der Waals surface area contributed by atoms with Crippen LogP contribution in [0.25, 0.3) is 0 Å². The van der Waals surface area contributed by atoms with Gasteiger partial charge in [0.2, 0.25) is 0 Å². The largest absolute Gasteiger partial charge is 0.326 e. The summed E-state index contributed by atoms with van der Waals surface area (Å²) in [5.41, 5.74) is 6.38. The van der Waals surface area contributed by atoms with Crippen LogP contribution in [0.2, 0.25) is 0 Å². The lowest BCUT2D eigenvalue weighted by atomic mass is 9.87. The molecule has 96 valence electrons. The number of hydrogen-bond acceptors (Lipinski definition) is 3. The zero-order valence-electron chi connectivity index (χ0n) is 10.9. The first-order valence-electron chi connectivity index (χ1n) is 6.62. The van der Waals surface area contributed by atoms with Crippen LogP contribution in [0.4, 0.5) is 0 Å². The van der Waals surface area contributed by atoms with Crippen molar-refractivity contribution in [3.05, 3.63) is 22.4 Å². The number of rotatable bonds is 4. The van der Waals surface area contributed by atoms with Gasteiger partial charge in [-0.1, -0.05) is 32.8 Å². The fourth-order valence-electron chi connectivity index (χ4n) is 2.55. The van der Waals surface area contributed by atoms with Crippen LogP contribution in [0.1, 0.15) is 44.4 Å². The lowest BCUT2D eigenvalue weighted by Gasteiger charge is -2.33. The van der Waals surface area contributed by atoms with E-state index in [0.29, 0.717) is 12.1 Å². The van der Waals surface area contributed by atoms with Gasteiger partial charge in [0.1, 0.15) is 0 Å². The lowest BCUT2D eigenvalue weighted by Crippen LogP contribution is -2.50. The first-order valence-corrected chi connectivity index (χ1v) is 7.50. The average molecular weight is 252 g/mol. The molecule has 2 nitrogen and oxygen atoms in total. The van der Waals surface area contributed by atoms with Gasteiger partial charge in [-0.05, 0) is 24.3 Å². The van der Waals surface area contributed by atoms with E-state index in [9.17, 15) is 0 Å². The molecule has 0 bridgehead atoms. The second-order valence-corrected chi connectivity index (χ2v) is 6.74. The molecule has 1 aliphatic carbocycles. The van der Waals surface area contributed by atoms with Crippen LogP contribution in [0.15, 0.2) is 17.5 Å². The Balaban J connectivity index is 1.88. The van der Waals surface area contributed by atoms with E-state index in [2.05, 4.69) is 36.7 Å². The Bertz CT molecular complexity index is 332. The summed E-state index contributed by atoms with van der Waals surface area (Å²) in [7, 11) is 0. The SMILES string of the molecule is CC(C)(CNC1CCCCC1N)c1cccs1. The Hall–Kier alpha value is -0.380. The maximum Gasteiger partial charge on any atom is 0.0219 e. The molecule has 0 saturated heterocycles. The van der Waals surface area contributed by atoms with Crippen molar-refractivity contribution >= 4 is 11.3 Å². The molecule has 0 amide bonds. The fraction of sp³-hybridized carbons (Fsp3) is 0.714. The van der Waals surface area contributed by atoms with Gasteiger partial charge >= 0.3 is 0 Å². The molecule has 1 aromatic heterocycles. The van der Waals surface area contributed by atoms with E-state index in [1.54, 1.807) is 0 Å². The van der Waals surface area contributed by atoms with Crippen LogP contribution in [-0.2, 0) is 5.41 Å². The van der Waals surface area contributed by atoms with Gasteiger partial charge in [0.15, 0.2) is 0 Å². The highest BCUT2D eigenvalue weighted by molar-refractivity contribution is 7.10. The molecular formula is C14H24N2S. The molecule has 1 heterocycles. The molecule has 3 heteroatoms. The van der Waals surface area contributed by atoms with Gasteiger partial charge in [-0.3, -0.25) is 0 Å². The van der Waals surface area contributed by atoms with E-state index < -0.39 is 0 Å². The highest BCUT2D eigenvalue weighted by Gasteiger charge is 2.26. The Morgan fingerprint density at radius 1 is 1.41 bits per heavy atom. The van der Waals surface area contributed by atoms with Gasteiger partial charge in [0.25, 0.3) is 0 Å². The quantitative estimate of drug-likeness (QED) is 0.865. The van der Waals surface area contributed by atoms with E-state index in [4.69, 9.17) is 5.73 Å². The third-order valence-corrected chi connectivity index (χ3v) is 5.05. The number of nitrogens with two attached hydrogens (primary N) is 1. The first kappa shape index (κ1) is 13.1. The number of thiophene rings is 1. The van der Waals surface area contributed by atoms with Crippen LogP contribution in [0.3, 0.4) is 0 Å². The second kappa shape index (κ2) is 5.51. The molecule has 0 spiro atoms. The molecular weight excluding hydrogens is 228 g/mol. The Morgan fingerprint density at radius 3 is 2.82 bits per heavy atom. The van der Waals surface area contributed by atoms with Crippen molar-refractivity contribution in [1.29, 1.82) is 0 Å². The third-order valence-electron chi connectivity index (χ3n) is 3.81. The van der Waals surface area contributed by atoms with E-state index in [1.807, 2.05) is 11.3 Å². The van der Waals surface area contributed by atoms with Gasteiger partial charge in [-0.15, -0.1) is 11.3 Å². The summed E-state index contributed by atoms with van der Waals surface area (Å²) in [6, 6.07) is 5.23. The van der Waals surface area contributed by atoms with Crippen molar-refractivity contribution in [2.24, 2.45) is 5.73 Å². The minimum absolute atomic E-state index is 0.214.